The van der Waals surface area contributed by atoms with Crippen molar-refractivity contribution in [1.29, 1.82) is 0 Å². The third-order valence-electron chi connectivity index (χ3n) is 3.35. The van der Waals surface area contributed by atoms with Crippen LogP contribution in [-0.2, 0) is 14.6 Å². The average Bonchev–Trinajstić information content (AvgIpc) is 2.78. The van der Waals surface area contributed by atoms with Crippen LogP contribution in [0.4, 0.5) is 0 Å². The van der Waals surface area contributed by atoms with E-state index >= 15 is 0 Å². The molecule has 0 spiro atoms. The molecule has 0 aromatic rings. The minimum atomic E-state index is -2.87. The largest absolute Gasteiger partial charge is 0.381 e. The quantitative estimate of drug-likeness (QED) is 0.676. The van der Waals surface area contributed by atoms with Gasteiger partial charge in [0.15, 0.2) is 0 Å². The number of nitrogens with zero attached hydrogens (tertiary/aromatic N) is 1. The standard InChI is InChI=1S/C12H26N2O3S/c1-4-13-12(11-5-7-17-10-11)9-14(2)6-8-18(3,15)16/h11-13H,4-10H2,1-3H3. The number of ether oxygens (including phenoxy) is 1. The van der Waals surface area contributed by atoms with E-state index in [2.05, 4.69) is 17.1 Å². The normalized spacial score (nSPS) is 22.6. The van der Waals surface area contributed by atoms with E-state index in [0.29, 0.717) is 18.5 Å². The second-order valence-electron chi connectivity index (χ2n) is 5.18. The van der Waals surface area contributed by atoms with Crippen molar-refractivity contribution in [3.05, 3.63) is 0 Å². The van der Waals surface area contributed by atoms with Crippen LogP contribution in [0.25, 0.3) is 0 Å². The molecule has 108 valence electrons. The van der Waals surface area contributed by atoms with E-state index in [9.17, 15) is 8.42 Å². The molecule has 2 atom stereocenters. The van der Waals surface area contributed by atoms with Crippen LogP contribution in [0.1, 0.15) is 13.3 Å². The second-order valence-corrected chi connectivity index (χ2v) is 7.44. The molecule has 18 heavy (non-hydrogen) atoms. The summed E-state index contributed by atoms with van der Waals surface area (Å²) >= 11 is 0. The number of rotatable bonds is 8. The second kappa shape index (κ2) is 7.43. The number of nitrogens with one attached hydrogen (secondary N) is 1. The minimum Gasteiger partial charge on any atom is -0.381 e. The molecule has 0 aromatic carbocycles. The molecule has 1 fully saturated rings. The van der Waals surface area contributed by atoms with Crippen LogP contribution in [0, 0.1) is 5.92 Å². The topological polar surface area (TPSA) is 58.6 Å². The van der Waals surface area contributed by atoms with Crippen molar-refractivity contribution in [3.63, 3.8) is 0 Å². The molecular weight excluding hydrogens is 252 g/mol. The maximum absolute atomic E-state index is 11.1. The Kier molecular flexibility index (Phi) is 6.55. The predicted octanol–water partition coefficient (Wildman–Crippen LogP) is -0.0226. The fourth-order valence-corrected chi connectivity index (χ4v) is 2.90. The van der Waals surface area contributed by atoms with Gasteiger partial charge < -0.3 is 15.0 Å². The zero-order valence-corrected chi connectivity index (χ0v) is 12.5. The van der Waals surface area contributed by atoms with Crippen LogP contribution in [0.3, 0.4) is 0 Å². The van der Waals surface area contributed by atoms with Crippen molar-refractivity contribution < 1.29 is 13.2 Å². The summed E-state index contributed by atoms with van der Waals surface area (Å²) in [5.41, 5.74) is 0. The maximum atomic E-state index is 11.1. The molecule has 0 bridgehead atoms. The molecule has 1 rings (SSSR count). The van der Waals surface area contributed by atoms with Gasteiger partial charge in [-0.3, -0.25) is 0 Å². The lowest BCUT2D eigenvalue weighted by Gasteiger charge is -2.28. The van der Waals surface area contributed by atoms with Gasteiger partial charge >= 0.3 is 0 Å². The van der Waals surface area contributed by atoms with Crippen molar-refractivity contribution in [2.24, 2.45) is 5.92 Å². The monoisotopic (exact) mass is 278 g/mol. The first kappa shape index (κ1) is 15.9. The van der Waals surface area contributed by atoms with Crippen LogP contribution in [0.5, 0.6) is 0 Å². The van der Waals surface area contributed by atoms with E-state index in [1.807, 2.05) is 7.05 Å². The summed E-state index contributed by atoms with van der Waals surface area (Å²) in [5, 5.41) is 3.48. The summed E-state index contributed by atoms with van der Waals surface area (Å²) in [6.45, 7) is 6.16. The van der Waals surface area contributed by atoms with Crippen LogP contribution in [0.15, 0.2) is 0 Å². The molecule has 5 nitrogen and oxygen atoms in total. The summed E-state index contributed by atoms with van der Waals surface area (Å²) in [7, 11) is -0.896. The highest BCUT2D eigenvalue weighted by atomic mass is 32.2. The highest BCUT2D eigenvalue weighted by Crippen LogP contribution is 2.17. The Morgan fingerprint density at radius 3 is 2.72 bits per heavy atom. The van der Waals surface area contributed by atoms with Crippen molar-refractivity contribution in [2.75, 3.05) is 51.9 Å². The molecule has 6 heteroatoms. The van der Waals surface area contributed by atoms with Gasteiger partial charge in [0.1, 0.15) is 9.84 Å². The summed E-state index contributed by atoms with van der Waals surface area (Å²) < 4.78 is 27.7. The van der Waals surface area contributed by atoms with E-state index < -0.39 is 9.84 Å². The molecule has 0 radical (unpaired) electrons. The predicted molar refractivity (Wildman–Crippen MR) is 73.6 cm³/mol. The van der Waals surface area contributed by atoms with Crippen LogP contribution < -0.4 is 5.32 Å². The smallest absolute Gasteiger partial charge is 0.148 e. The minimum absolute atomic E-state index is 0.226. The lowest BCUT2D eigenvalue weighted by molar-refractivity contribution is 0.168. The third-order valence-corrected chi connectivity index (χ3v) is 4.28. The Morgan fingerprint density at radius 2 is 2.22 bits per heavy atom. The fraction of sp³-hybridized carbons (Fsp3) is 1.00. The number of hydrogen-bond donors (Lipinski definition) is 1. The molecule has 1 N–H and O–H groups in total. The molecular formula is C12H26N2O3S. The summed E-state index contributed by atoms with van der Waals surface area (Å²) in [5.74, 6) is 0.773. The van der Waals surface area contributed by atoms with Crippen LogP contribution >= 0.6 is 0 Å². The first-order chi connectivity index (χ1) is 8.42. The van der Waals surface area contributed by atoms with Gasteiger partial charge in [-0.1, -0.05) is 6.92 Å². The molecule has 1 saturated heterocycles. The van der Waals surface area contributed by atoms with Gasteiger partial charge in [0.25, 0.3) is 0 Å². The first-order valence-electron chi connectivity index (χ1n) is 6.59. The molecule has 0 amide bonds. The SMILES string of the molecule is CCNC(CN(C)CCS(C)(=O)=O)C1CCOC1. The fourth-order valence-electron chi connectivity index (χ4n) is 2.26. The van der Waals surface area contributed by atoms with Gasteiger partial charge in [0, 0.05) is 37.9 Å². The summed E-state index contributed by atoms with van der Waals surface area (Å²) in [6.07, 6.45) is 2.38. The molecule has 0 aliphatic carbocycles. The molecule has 0 saturated carbocycles. The third kappa shape index (κ3) is 6.13. The maximum Gasteiger partial charge on any atom is 0.148 e. The zero-order chi connectivity index (χ0) is 13.6. The Hall–Kier alpha value is -0.170. The van der Waals surface area contributed by atoms with Gasteiger partial charge in [0.05, 0.1) is 12.4 Å². The van der Waals surface area contributed by atoms with Crippen LogP contribution in [-0.4, -0.2) is 71.3 Å². The highest BCUT2D eigenvalue weighted by molar-refractivity contribution is 7.90. The van der Waals surface area contributed by atoms with Gasteiger partial charge in [-0.2, -0.15) is 0 Å². The highest BCUT2D eigenvalue weighted by Gasteiger charge is 2.26. The molecule has 1 aliphatic heterocycles. The molecule has 2 unspecified atom stereocenters. The van der Waals surface area contributed by atoms with E-state index in [4.69, 9.17) is 4.74 Å². The van der Waals surface area contributed by atoms with Crippen LogP contribution in [0.2, 0.25) is 0 Å². The lowest BCUT2D eigenvalue weighted by atomic mass is 9.98. The van der Waals surface area contributed by atoms with Crippen molar-refractivity contribution in [1.82, 2.24) is 10.2 Å². The van der Waals surface area contributed by atoms with E-state index in [-0.39, 0.29) is 5.75 Å². The van der Waals surface area contributed by atoms with E-state index in [0.717, 1.165) is 32.7 Å². The Morgan fingerprint density at radius 1 is 1.50 bits per heavy atom. The number of likely N-dealkylation sites (N-methyl/N-ethyl adjacent to an activating group) is 2. The summed E-state index contributed by atoms with van der Waals surface area (Å²) in [6, 6.07) is 0.391. The first-order valence-corrected chi connectivity index (χ1v) is 8.66. The van der Waals surface area contributed by atoms with Gasteiger partial charge in [0.2, 0.25) is 0 Å². The molecule has 1 aliphatic rings. The van der Waals surface area contributed by atoms with Gasteiger partial charge in [-0.05, 0) is 20.0 Å². The van der Waals surface area contributed by atoms with Crippen molar-refractivity contribution in [3.8, 4) is 0 Å². The average molecular weight is 278 g/mol. The Bertz CT molecular complexity index is 326. The van der Waals surface area contributed by atoms with Gasteiger partial charge in [-0.25, -0.2) is 8.42 Å². The van der Waals surface area contributed by atoms with Gasteiger partial charge in [-0.15, -0.1) is 0 Å². The lowest BCUT2D eigenvalue weighted by Crippen LogP contribution is -2.45. The number of sulfone groups is 1. The Balaban J connectivity index is 2.39. The Labute approximate surface area is 111 Å². The van der Waals surface area contributed by atoms with Crippen molar-refractivity contribution >= 4 is 9.84 Å². The number of hydrogen-bond acceptors (Lipinski definition) is 5. The zero-order valence-electron chi connectivity index (χ0n) is 11.7. The molecule has 0 aromatic heterocycles. The van der Waals surface area contributed by atoms with E-state index in [1.54, 1.807) is 0 Å². The summed E-state index contributed by atoms with van der Waals surface area (Å²) in [4.78, 5) is 2.09. The molecule has 1 heterocycles. The van der Waals surface area contributed by atoms with E-state index in [1.165, 1.54) is 6.26 Å². The van der Waals surface area contributed by atoms with Crippen molar-refractivity contribution in [2.45, 2.75) is 19.4 Å².